The Kier molecular flexibility index (Phi) is 4.76. The van der Waals surface area contributed by atoms with Gasteiger partial charge in [0, 0.05) is 26.2 Å². The summed E-state index contributed by atoms with van der Waals surface area (Å²) in [5.41, 5.74) is 0. The van der Waals surface area contributed by atoms with Crippen LogP contribution in [0.3, 0.4) is 0 Å². The number of hydrogen-bond acceptors (Lipinski definition) is 4. The van der Waals surface area contributed by atoms with Crippen LogP contribution in [-0.2, 0) is 9.53 Å². The highest BCUT2D eigenvalue weighted by Gasteiger charge is 2.30. The van der Waals surface area contributed by atoms with Crippen molar-refractivity contribution in [1.29, 1.82) is 0 Å². The van der Waals surface area contributed by atoms with Crippen molar-refractivity contribution in [3.8, 4) is 0 Å². The third kappa shape index (κ3) is 3.94. The third-order valence-electron chi connectivity index (χ3n) is 3.59. The largest absolute Gasteiger partial charge is 0.381 e. The molecule has 0 aromatic carbocycles. The zero-order valence-corrected chi connectivity index (χ0v) is 10.6. The van der Waals surface area contributed by atoms with Gasteiger partial charge in [0.15, 0.2) is 0 Å². The lowest BCUT2D eigenvalue weighted by molar-refractivity contribution is -0.124. The molecule has 5 nitrogen and oxygen atoms in total. The summed E-state index contributed by atoms with van der Waals surface area (Å²) in [6.45, 7) is 4.58. The van der Waals surface area contributed by atoms with Crippen molar-refractivity contribution in [2.24, 2.45) is 0 Å². The number of hydrogen-bond donors (Lipinski definition) is 2. The average Bonchev–Trinajstić information content (AvgIpc) is 2.51. The van der Waals surface area contributed by atoms with Gasteiger partial charge in [-0.3, -0.25) is 9.69 Å². The predicted octanol–water partition coefficient (Wildman–Crippen LogP) is -0.425. The van der Waals surface area contributed by atoms with Crippen molar-refractivity contribution in [1.82, 2.24) is 15.5 Å². The Morgan fingerprint density at radius 3 is 3.00 bits per heavy atom. The Hall–Kier alpha value is -0.650. The molecule has 2 N–H and O–H groups in total. The van der Waals surface area contributed by atoms with Crippen LogP contribution in [0, 0.1) is 0 Å². The van der Waals surface area contributed by atoms with E-state index in [1.807, 2.05) is 0 Å². The molecule has 1 heterocycles. The maximum absolute atomic E-state index is 11.8. The van der Waals surface area contributed by atoms with Gasteiger partial charge in [0.2, 0.25) is 5.91 Å². The first-order valence-electron chi connectivity index (χ1n) is 6.53. The number of rotatable bonds is 4. The lowest BCUT2D eigenvalue weighted by Gasteiger charge is -2.35. The van der Waals surface area contributed by atoms with Gasteiger partial charge in [0.05, 0.1) is 12.6 Å². The zero-order chi connectivity index (χ0) is 12.1. The molecule has 1 saturated heterocycles. The van der Waals surface area contributed by atoms with Gasteiger partial charge < -0.3 is 15.4 Å². The summed E-state index contributed by atoms with van der Waals surface area (Å²) in [5, 5.41) is 6.40. The molecule has 98 valence electrons. The molecule has 1 aliphatic heterocycles. The van der Waals surface area contributed by atoms with Crippen LogP contribution in [0.4, 0.5) is 0 Å². The standard InChI is InChI=1S/C12H23N3O2/c1-17-11-7-10(8-11)14-12(16)9-15-5-2-3-13-4-6-15/h10-11,13H,2-9H2,1H3,(H,14,16). The molecule has 0 spiro atoms. The minimum atomic E-state index is 0.159. The van der Waals surface area contributed by atoms with Gasteiger partial charge in [-0.05, 0) is 32.4 Å². The maximum atomic E-state index is 11.8. The van der Waals surface area contributed by atoms with Crippen molar-refractivity contribution in [2.75, 3.05) is 39.8 Å². The highest BCUT2D eigenvalue weighted by Crippen LogP contribution is 2.22. The SMILES string of the molecule is COC1CC(NC(=O)CN2CCCNCC2)C1. The fourth-order valence-electron chi connectivity index (χ4n) is 2.41. The van der Waals surface area contributed by atoms with E-state index in [0.29, 0.717) is 18.7 Å². The molecule has 0 aromatic rings. The van der Waals surface area contributed by atoms with Gasteiger partial charge in [-0.2, -0.15) is 0 Å². The van der Waals surface area contributed by atoms with Crippen LogP contribution >= 0.6 is 0 Å². The highest BCUT2D eigenvalue weighted by atomic mass is 16.5. The average molecular weight is 241 g/mol. The normalized spacial score (nSPS) is 30.4. The second kappa shape index (κ2) is 6.33. The first-order valence-corrected chi connectivity index (χ1v) is 6.53. The van der Waals surface area contributed by atoms with Gasteiger partial charge >= 0.3 is 0 Å². The molecule has 1 aliphatic carbocycles. The van der Waals surface area contributed by atoms with Crippen molar-refractivity contribution in [2.45, 2.75) is 31.4 Å². The quantitative estimate of drug-likeness (QED) is 0.701. The van der Waals surface area contributed by atoms with E-state index in [4.69, 9.17) is 4.74 Å². The lowest BCUT2D eigenvalue weighted by atomic mass is 9.89. The van der Waals surface area contributed by atoms with E-state index in [9.17, 15) is 4.79 Å². The number of carbonyl (C=O) groups excluding carboxylic acids is 1. The van der Waals surface area contributed by atoms with E-state index < -0.39 is 0 Å². The summed E-state index contributed by atoms with van der Waals surface area (Å²) < 4.78 is 5.19. The molecule has 2 fully saturated rings. The molecule has 17 heavy (non-hydrogen) atoms. The van der Waals surface area contributed by atoms with Gasteiger partial charge in [0.25, 0.3) is 0 Å². The predicted molar refractivity (Wildman–Crippen MR) is 65.9 cm³/mol. The van der Waals surface area contributed by atoms with Gasteiger partial charge in [0.1, 0.15) is 0 Å². The van der Waals surface area contributed by atoms with Crippen molar-refractivity contribution >= 4 is 5.91 Å². The molecule has 0 unspecified atom stereocenters. The highest BCUT2D eigenvalue weighted by molar-refractivity contribution is 5.78. The van der Waals surface area contributed by atoms with Crippen molar-refractivity contribution < 1.29 is 9.53 Å². The second-order valence-corrected chi connectivity index (χ2v) is 4.97. The van der Waals surface area contributed by atoms with Gasteiger partial charge in [-0.25, -0.2) is 0 Å². The van der Waals surface area contributed by atoms with E-state index in [1.165, 1.54) is 0 Å². The Labute approximate surface area is 103 Å². The van der Waals surface area contributed by atoms with E-state index in [-0.39, 0.29) is 5.91 Å². The van der Waals surface area contributed by atoms with Crippen molar-refractivity contribution in [3.63, 3.8) is 0 Å². The summed E-state index contributed by atoms with van der Waals surface area (Å²) in [6, 6.07) is 0.331. The number of nitrogens with one attached hydrogen (secondary N) is 2. The summed E-state index contributed by atoms with van der Waals surface area (Å²) in [6.07, 6.45) is 3.40. The van der Waals surface area contributed by atoms with E-state index in [0.717, 1.165) is 45.4 Å². The fraction of sp³-hybridized carbons (Fsp3) is 0.917. The summed E-state index contributed by atoms with van der Waals surface area (Å²) >= 11 is 0. The van der Waals surface area contributed by atoms with Crippen LogP contribution in [0.25, 0.3) is 0 Å². The van der Waals surface area contributed by atoms with Crippen molar-refractivity contribution in [3.05, 3.63) is 0 Å². The van der Waals surface area contributed by atoms with Crippen LogP contribution in [0.5, 0.6) is 0 Å². The number of nitrogens with zero attached hydrogens (tertiary/aromatic N) is 1. The Morgan fingerprint density at radius 2 is 2.24 bits per heavy atom. The molecule has 0 atom stereocenters. The van der Waals surface area contributed by atoms with Crippen LogP contribution in [0.1, 0.15) is 19.3 Å². The molecule has 5 heteroatoms. The Balaban J connectivity index is 1.63. The monoisotopic (exact) mass is 241 g/mol. The minimum absolute atomic E-state index is 0.159. The molecule has 0 radical (unpaired) electrons. The molecule has 0 aromatic heterocycles. The van der Waals surface area contributed by atoms with Crippen LogP contribution < -0.4 is 10.6 Å². The minimum Gasteiger partial charge on any atom is -0.381 e. The smallest absolute Gasteiger partial charge is 0.234 e. The molecule has 1 amide bonds. The molecular formula is C12H23N3O2. The fourth-order valence-corrected chi connectivity index (χ4v) is 2.41. The molecular weight excluding hydrogens is 218 g/mol. The number of ether oxygens (including phenoxy) is 1. The first-order chi connectivity index (χ1) is 8.28. The molecule has 2 rings (SSSR count). The lowest BCUT2D eigenvalue weighted by Crippen LogP contribution is -2.50. The topological polar surface area (TPSA) is 53.6 Å². The Morgan fingerprint density at radius 1 is 1.41 bits per heavy atom. The van der Waals surface area contributed by atoms with Crippen LogP contribution in [0.2, 0.25) is 0 Å². The summed E-state index contributed by atoms with van der Waals surface area (Å²) in [7, 11) is 1.73. The second-order valence-electron chi connectivity index (χ2n) is 4.97. The van der Waals surface area contributed by atoms with Gasteiger partial charge in [-0.15, -0.1) is 0 Å². The summed E-state index contributed by atoms with van der Waals surface area (Å²) in [4.78, 5) is 14.0. The van der Waals surface area contributed by atoms with E-state index in [2.05, 4.69) is 15.5 Å². The number of amides is 1. The van der Waals surface area contributed by atoms with E-state index >= 15 is 0 Å². The Bertz CT molecular complexity index is 246. The molecule has 1 saturated carbocycles. The molecule has 0 bridgehead atoms. The van der Waals surface area contributed by atoms with E-state index in [1.54, 1.807) is 7.11 Å². The number of carbonyl (C=O) groups is 1. The third-order valence-corrected chi connectivity index (χ3v) is 3.59. The molecule has 2 aliphatic rings. The number of methoxy groups -OCH3 is 1. The van der Waals surface area contributed by atoms with Crippen LogP contribution in [-0.4, -0.2) is 62.8 Å². The first kappa shape index (κ1) is 12.8. The maximum Gasteiger partial charge on any atom is 0.234 e. The van der Waals surface area contributed by atoms with Crippen LogP contribution in [0.15, 0.2) is 0 Å². The summed E-state index contributed by atoms with van der Waals surface area (Å²) in [5.74, 6) is 0.159. The zero-order valence-electron chi connectivity index (χ0n) is 10.6. The van der Waals surface area contributed by atoms with Gasteiger partial charge in [-0.1, -0.05) is 0 Å².